The number of aryl methyl sites for hydroxylation is 1. The van der Waals surface area contributed by atoms with Gasteiger partial charge in [0.2, 0.25) is 0 Å². The molecule has 1 atom stereocenters. The Balaban J connectivity index is 2.29. The largest absolute Gasteiger partial charge is 0.329 e. The highest BCUT2D eigenvalue weighted by Crippen LogP contribution is 2.09. The van der Waals surface area contributed by atoms with E-state index < -0.39 is 23.2 Å². The van der Waals surface area contributed by atoms with Gasteiger partial charge in [-0.25, -0.2) is 9.36 Å². The van der Waals surface area contributed by atoms with Crippen LogP contribution in [0.2, 0.25) is 0 Å². The average Bonchev–Trinajstić information content (AvgIpc) is 2.55. The maximum Gasteiger partial charge on any atom is 0.329 e. The normalized spacial score (nSPS) is 11.7. The Hall–Kier alpha value is -2.96. The maximum absolute atomic E-state index is 12.1. The molecule has 0 fully saturated rings. The molecular weight excluding hydrogens is 286 g/mol. The van der Waals surface area contributed by atoms with Crippen LogP contribution in [0.3, 0.4) is 0 Å². The summed E-state index contributed by atoms with van der Waals surface area (Å²) in [6.45, 7) is 2.04. The molecule has 0 spiro atoms. The molecule has 22 heavy (non-hydrogen) atoms. The molecule has 1 amide bonds. The van der Waals surface area contributed by atoms with E-state index in [2.05, 4.69) is 5.32 Å². The van der Waals surface area contributed by atoms with Crippen molar-refractivity contribution in [3.8, 4) is 0 Å². The standard InChI is InChI=1S/C15H15N3O4/c1-2-17-8-9-18(14(21)13(17)20)15(22)16-12(10-19)11-6-4-3-5-7-11/h3-10,12H,2H2,1H3,(H,16,22). The summed E-state index contributed by atoms with van der Waals surface area (Å²) in [6, 6.07) is 6.87. The van der Waals surface area contributed by atoms with Crippen molar-refractivity contribution in [2.24, 2.45) is 0 Å². The zero-order valence-electron chi connectivity index (χ0n) is 11.9. The Bertz CT molecular complexity index is 792. The van der Waals surface area contributed by atoms with Crippen molar-refractivity contribution in [3.05, 3.63) is 69.0 Å². The van der Waals surface area contributed by atoms with E-state index in [-0.39, 0.29) is 0 Å². The molecule has 1 aromatic carbocycles. The first-order valence-electron chi connectivity index (χ1n) is 6.71. The number of nitrogens with one attached hydrogen (secondary N) is 1. The highest BCUT2D eigenvalue weighted by molar-refractivity contribution is 5.80. The minimum absolute atomic E-state index is 0.331. The van der Waals surface area contributed by atoms with Crippen molar-refractivity contribution in [3.63, 3.8) is 0 Å². The van der Waals surface area contributed by atoms with E-state index in [0.717, 1.165) is 0 Å². The molecule has 7 heteroatoms. The van der Waals surface area contributed by atoms with Crippen molar-refractivity contribution in [1.29, 1.82) is 0 Å². The Morgan fingerprint density at radius 3 is 2.45 bits per heavy atom. The van der Waals surface area contributed by atoms with Gasteiger partial charge in [-0.2, -0.15) is 0 Å². The third-order valence-electron chi connectivity index (χ3n) is 3.19. The second-order valence-electron chi connectivity index (χ2n) is 4.54. The molecule has 0 aliphatic rings. The van der Waals surface area contributed by atoms with Crippen LogP contribution >= 0.6 is 0 Å². The van der Waals surface area contributed by atoms with Crippen LogP contribution in [0.4, 0.5) is 4.79 Å². The molecule has 114 valence electrons. The molecule has 1 aromatic heterocycles. The van der Waals surface area contributed by atoms with Crippen molar-refractivity contribution in [2.75, 3.05) is 0 Å². The molecule has 7 nitrogen and oxygen atoms in total. The summed E-state index contributed by atoms with van der Waals surface area (Å²) >= 11 is 0. The smallest absolute Gasteiger partial charge is 0.324 e. The first-order valence-corrected chi connectivity index (χ1v) is 6.71. The number of benzene rings is 1. The van der Waals surface area contributed by atoms with Crippen molar-refractivity contribution >= 4 is 12.3 Å². The lowest BCUT2D eigenvalue weighted by molar-refractivity contribution is -0.109. The number of aromatic nitrogens is 2. The Morgan fingerprint density at radius 1 is 1.18 bits per heavy atom. The lowest BCUT2D eigenvalue weighted by Gasteiger charge is -2.14. The predicted molar refractivity (Wildman–Crippen MR) is 79.8 cm³/mol. The molecule has 1 heterocycles. The van der Waals surface area contributed by atoms with Crippen LogP contribution in [0.25, 0.3) is 0 Å². The third kappa shape index (κ3) is 3.03. The number of carbonyl (C=O) groups is 2. The van der Waals surface area contributed by atoms with Gasteiger partial charge in [0, 0.05) is 18.9 Å². The first-order chi connectivity index (χ1) is 10.6. The summed E-state index contributed by atoms with van der Waals surface area (Å²) in [4.78, 5) is 46.9. The van der Waals surface area contributed by atoms with E-state index in [4.69, 9.17) is 0 Å². The summed E-state index contributed by atoms with van der Waals surface area (Å²) < 4.78 is 1.86. The molecule has 0 aliphatic heterocycles. The van der Waals surface area contributed by atoms with Crippen LogP contribution in [0, 0.1) is 0 Å². The minimum atomic E-state index is -0.959. The van der Waals surface area contributed by atoms with Crippen LogP contribution in [0.5, 0.6) is 0 Å². The summed E-state index contributed by atoms with van der Waals surface area (Å²) in [5.41, 5.74) is -1.16. The summed E-state index contributed by atoms with van der Waals surface area (Å²) in [6.07, 6.45) is 3.11. The van der Waals surface area contributed by atoms with E-state index in [9.17, 15) is 19.2 Å². The zero-order chi connectivity index (χ0) is 16.1. The van der Waals surface area contributed by atoms with Gasteiger partial charge in [-0.15, -0.1) is 0 Å². The Labute approximate surface area is 125 Å². The molecular formula is C15H15N3O4. The molecule has 0 bridgehead atoms. The van der Waals surface area contributed by atoms with Gasteiger partial charge in [-0.05, 0) is 12.5 Å². The fraction of sp³-hybridized carbons (Fsp3) is 0.200. The van der Waals surface area contributed by atoms with Gasteiger partial charge in [0.15, 0.2) is 0 Å². The fourth-order valence-corrected chi connectivity index (χ4v) is 1.98. The van der Waals surface area contributed by atoms with Gasteiger partial charge in [0.05, 0.1) is 0 Å². The monoisotopic (exact) mass is 301 g/mol. The molecule has 2 aromatic rings. The van der Waals surface area contributed by atoms with E-state index in [1.54, 1.807) is 37.3 Å². The number of amides is 1. The quantitative estimate of drug-likeness (QED) is 0.659. The highest BCUT2D eigenvalue weighted by Gasteiger charge is 2.16. The molecule has 1 N–H and O–H groups in total. The number of carbonyl (C=O) groups excluding carboxylic acids is 2. The summed E-state index contributed by atoms with van der Waals surface area (Å²) in [5, 5.41) is 2.41. The number of nitrogens with zero attached hydrogens (tertiary/aromatic N) is 2. The summed E-state index contributed by atoms with van der Waals surface area (Å²) in [7, 11) is 0. The predicted octanol–water partition coefficient (Wildman–Crippen LogP) is 0.528. The zero-order valence-corrected chi connectivity index (χ0v) is 11.9. The number of rotatable bonds is 4. The lowest BCUT2D eigenvalue weighted by atomic mass is 10.1. The van der Waals surface area contributed by atoms with Crippen LogP contribution in [-0.2, 0) is 11.3 Å². The average molecular weight is 301 g/mol. The van der Waals surface area contributed by atoms with Crippen LogP contribution in [0.1, 0.15) is 18.5 Å². The van der Waals surface area contributed by atoms with Gasteiger partial charge >= 0.3 is 17.1 Å². The van der Waals surface area contributed by atoms with Gasteiger partial charge in [-0.1, -0.05) is 30.3 Å². The second kappa shape index (κ2) is 6.66. The van der Waals surface area contributed by atoms with Gasteiger partial charge in [-0.3, -0.25) is 9.59 Å². The van der Waals surface area contributed by atoms with E-state index >= 15 is 0 Å². The number of hydrogen-bond acceptors (Lipinski definition) is 4. The minimum Gasteiger partial charge on any atom is -0.324 e. The van der Waals surface area contributed by atoms with Gasteiger partial charge in [0.25, 0.3) is 0 Å². The van der Waals surface area contributed by atoms with Crippen molar-refractivity contribution in [2.45, 2.75) is 19.5 Å². The van der Waals surface area contributed by atoms with Crippen LogP contribution in [0.15, 0.2) is 52.3 Å². The van der Waals surface area contributed by atoms with Crippen LogP contribution < -0.4 is 16.4 Å². The molecule has 0 radical (unpaired) electrons. The SMILES string of the molecule is CCn1ccn(C(=O)NC(C=O)c2ccccc2)c(=O)c1=O. The summed E-state index contributed by atoms with van der Waals surface area (Å²) in [5.74, 6) is 0. The number of hydrogen-bond donors (Lipinski definition) is 1. The van der Waals surface area contributed by atoms with E-state index in [1.807, 2.05) is 0 Å². The fourth-order valence-electron chi connectivity index (χ4n) is 1.98. The Morgan fingerprint density at radius 2 is 1.86 bits per heavy atom. The molecule has 0 saturated heterocycles. The third-order valence-corrected chi connectivity index (χ3v) is 3.19. The lowest BCUT2D eigenvalue weighted by Crippen LogP contribution is -2.46. The maximum atomic E-state index is 12.1. The second-order valence-corrected chi connectivity index (χ2v) is 4.54. The van der Waals surface area contributed by atoms with Gasteiger partial charge < -0.3 is 14.7 Å². The molecule has 1 unspecified atom stereocenters. The van der Waals surface area contributed by atoms with E-state index in [0.29, 0.717) is 23.0 Å². The van der Waals surface area contributed by atoms with Crippen molar-refractivity contribution in [1.82, 2.24) is 14.5 Å². The molecule has 2 rings (SSSR count). The molecule has 0 saturated carbocycles. The van der Waals surface area contributed by atoms with Crippen LogP contribution in [-0.4, -0.2) is 21.5 Å². The topological polar surface area (TPSA) is 90.2 Å². The highest BCUT2D eigenvalue weighted by atomic mass is 16.2. The molecule has 0 aliphatic carbocycles. The first kappa shape index (κ1) is 15.4. The van der Waals surface area contributed by atoms with E-state index in [1.165, 1.54) is 17.0 Å². The number of aldehydes is 1. The van der Waals surface area contributed by atoms with Crippen molar-refractivity contribution < 1.29 is 9.59 Å². The Kier molecular flexibility index (Phi) is 4.67. The van der Waals surface area contributed by atoms with Gasteiger partial charge in [0.1, 0.15) is 12.3 Å².